The minimum absolute atomic E-state index is 0.626. The van der Waals surface area contributed by atoms with Crippen molar-refractivity contribution in [2.75, 3.05) is 0 Å². The van der Waals surface area contributed by atoms with Gasteiger partial charge in [-0.05, 0) is 12.8 Å². The molecule has 0 radical (unpaired) electrons. The smallest absolute Gasteiger partial charge is 0.226 e. The Kier molecular flexibility index (Phi) is 5.19. The highest BCUT2D eigenvalue weighted by molar-refractivity contribution is 7.97. The van der Waals surface area contributed by atoms with E-state index in [4.69, 9.17) is 4.42 Å². The van der Waals surface area contributed by atoms with Gasteiger partial charge in [0.05, 0.1) is 16.5 Å². The molecule has 2 rings (SSSR count). The molecule has 2 aromatic heterocycles. The van der Waals surface area contributed by atoms with Crippen LogP contribution in [0.2, 0.25) is 0 Å². The van der Waals surface area contributed by atoms with E-state index < -0.39 is 0 Å². The maximum atomic E-state index is 5.32. The lowest BCUT2D eigenvalue weighted by Gasteiger charge is -1.95. The molecule has 18 heavy (non-hydrogen) atoms. The van der Waals surface area contributed by atoms with Crippen LogP contribution >= 0.6 is 23.1 Å². The molecule has 0 unspecified atom stereocenters. The Balaban J connectivity index is 1.74. The number of thiazole rings is 1. The van der Waals surface area contributed by atoms with Crippen LogP contribution in [0.3, 0.4) is 0 Å². The Hall–Kier alpha value is -0.880. The molecule has 0 saturated heterocycles. The van der Waals surface area contributed by atoms with E-state index >= 15 is 0 Å². The number of aryl methyl sites for hydroxylation is 2. The lowest BCUT2D eigenvalue weighted by atomic mass is 10.3. The molecule has 2 aromatic rings. The van der Waals surface area contributed by atoms with E-state index in [-0.39, 0.29) is 0 Å². The second kappa shape index (κ2) is 6.89. The molecule has 0 spiro atoms. The van der Waals surface area contributed by atoms with Crippen molar-refractivity contribution in [3.05, 3.63) is 27.9 Å². The molecule has 0 saturated carbocycles. The van der Waals surface area contributed by atoms with Crippen molar-refractivity contribution in [2.45, 2.75) is 44.6 Å². The van der Waals surface area contributed by atoms with Crippen molar-refractivity contribution in [1.82, 2.24) is 15.2 Å². The van der Waals surface area contributed by atoms with Gasteiger partial charge in [0.15, 0.2) is 0 Å². The van der Waals surface area contributed by atoms with Crippen molar-refractivity contribution in [1.29, 1.82) is 0 Å². The molecule has 0 aliphatic heterocycles. The van der Waals surface area contributed by atoms with E-state index in [2.05, 4.69) is 27.5 Å². The summed E-state index contributed by atoms with van der Waals surface area (Å²) < 4.78 is 5.32. The lowest BCUT2D eigenvalue weighted by molar-refractivity contribution is 0.485. The largest absolute Gasteiger partial charge is 0.425 e. The summed E-state index contributed by atoms with van der Waals surface area (Å²) in [5.41, 5.74) is 1.16. The van der Waals surface area contributed by atoms with Gasteiger partial charge < -0.3 is 4.42 Å². The van der Waals surface area contributed by atoms with E-state index in [0.717, 1.165) is 23.6 Å². The second-order valence-corrected chi connectivity index (χ2v) is 5.97. The van der Waals surface area contributed by atoms with Crippen LogP contribution in [-0.4, -0.2) is 15.2 Å². The van der Waals surface area contributed by atoms with E-state index in [9.17, 15) is 0 Å². The highest BCUT2D eigenvalue weighted by Crippen LogP contribution is 2.20. The van der Waals surface area contributed by atoms with E-state index in [0.29, 0.717) is 11.8 Å². The first-order valence-electron chi connectivity index (χ1n) is 6.08. The van der Waals surface area contributed by atoms with Crippen molar-refractivity contribution in [2.24, 2.45) is 0 Å². The van der Waals surface area contributed by atoms with Crippen molar-refractivity contribution >= 4 is 23.1 Å². The maximum Gasteiger partial charge on any atom is 0.226 e. The number of aromatic nitrogens is 3. The molecule has 0 aliphatic rings. The zero-order valence-corrected chi connectivity index (χ0v) is 12.3. The number of thioether (sulfide) groups is 1. The molecule has 0 N–H and O–H groups in total. The van der Waals surface area contributed by atoms with Crippen LogP contribution < -0.4 is 0 Å². The van der Waals surface area contributed by atoms with Gasteiger partial charge in [-0.1, -0.05) is 13.3 Å². The van der Waals surface area contributed by atoms with Crippen LogP contribution in [0.25, 0.3) is 0 Å². The Labute approximate surface area is 115 Å². The van der Waals surface area contributed by atoms with E-state index in [1.165, 1.54) is 17.8 Å². The van der Waals surface area contributed by atoms with Gasteiger partial charge in [0.25, 0.3) is 0 Å². The van der Waals surface area contributed by atoms with Crippen molar-refractivity contribution in [3.63, 3.8) is 0 Å². The Bertz CT molecular complexity index is 481. The predicted molar refractivity (Wildman–Crippen MR) is 74.8 cm³/mol. The monoisotopic (exact) mass is 283 g/mol. The summed E-state index contributed by atoms with van der Waals surface area (Å²) in [7, 11) is 0. The van der Waals surface area contributed by atoms with E-state index in [1.54, 1.807) is 23.1 Å². The second-order valence-electron chi connectivity index (χ2n) is 4.04. The molecule has 0 fully saturated rings. The molecule has 0 amide bonds. The Morgan fingerprint density at radius 2 is 2.22 bits per heavy atom. The summed E-state index contributed by atoms with van der Waals surface area (Å²) in [5, 5.41) is 11.2. The lowest BCUT2D eigenvalue weighted by Crippen LogP contribution is -1.87. The van der Waals surface area contributed by atoms with Gasteiger partial charge >= 0.3 is 0 Å². The zero-order chi connectivity index (χ0) is 12.8. The highest BCUT2D eigenvalue weighted by Gasteiger charge is 2.05. The Morgan fingerprint density at radius 1 is 1.33 bits per heavy atom. The topological polar surface area (TPSA) is 51.8 Å². The van der Waals surface area contributed by atoms with Crippen LogP contribution in [0.1, 0.15) is 42.2 Å². The van der Waals surface area contributed by atoms with Gasteiger partial charge in [-0.15, -0.1) is 33.3 Å². The van der Waals surface area contributed by atoms with Crippen molar-refractivity contribution in [3.8, 4) is 0 Å². The zero-order valence-electron chi connectivity index (χ0n) is 10.7. The first-order chi connectivity index (χ1) is 8.78. The molecular weight excluding hydrogens is 266 g/mol. The molecule has 6 heteroatoms. The maximum absolute atomic E-state index is 5.32. The van der Waals surface area contributed by atoms with Gasteiger partial charge in [-0.2, -0.15) is 0 Å². The molecule has 4 nitrogen and oxygen atoms in total. The fourth-order valence-corrected chi connectivity index (χ4v) is 3.19. The summed E-state index contributed by atoms with van der Waals surface area (Å²) in [5.74, 6) is 2.98. The quantitative estimate of drug-likeness (QED) is 0.777. The minimum Gasteiger partial charge on any atom is -0.425 e. The summed E-state index contributed by atoms with van der Waals surface area (Å²) >= 11 is 3.52. The van der Waals surface area contributed by atoms with Crippen LogP contribution in [-0.2, 0) is 17.9 Å². The van der Waals surface area contributed by atoms with Gasteiger partial charge in [0.1, 0.15) is 0 Å². The fourth-order valence-electron chi connectivity index (χ4n) is 1.50. The summed E-state index contributed by atoms with van der Waals surface area (Å²) in [6.07, 6.45) is 3.55. The number of nitrogens with zero attached hydrogens (tertiary/aromatic N) is 3. The first kappa shape index (κ1) is 13.5. The summed E-state index contributed by atoms with van der Waals surface area (Å²) in [4.78, 5) is 4.62. The Morgan fingerprint density at radius 3 is 2.94 bits per heavy atom. The van der Waals surface area contributed by atoms with Crippen LogP contribution in [0, 0.1) is 6.92 Å². The SMILES string of the molecule is CCCCc1nc(CSCc2nnc(C)o2)cs1. The van der Waals surface area contributed by atoms with Crippen LogP contribution in [0.5, 0.6) is 0 Å². The number of rotatable bonds is 7. The van der Waals surface area contributed by atoms with Crippen LogP contribution in [0.4, 0.5) is 0 Å². The summed E-state index contributed by atoms with van der Waals surface area (Å²) in [6.45, 7) is 4.01. The minimum atomic E-state index is 0.626. The van der Waals surface area contributed by atoms with Crippen molar-refractivity contribution < 1.29 is 4.42 Å². The molecule has 2 heterocycles. The number of hydrogen-bond donors (Lipinski definition) is 0. The molecule has 0 atom stereocenters. The fraction of sp³-hybridized carbons (Fsp3) is 0.583. The number of unbranched alkanes of at least 4 members (excludes halogenated alkanes) is 1. The third-order valence-electron chi connectivity index (χ3n) is 2.39. The normalized spacial score (nSPS) is 11.0. The molecule has 0 aliphatic carbocycles. The average molecular weight is 283 g/mol. The van der Waals surface area contributed by atoms with Gasteiger partial charge in [-0.25, -0.2) is 4.98 Å². The predicted octanol–water partition coefficient (Wildman–Crippen LogP) is 3.61. The highest BCUT2D eigenvalue weighted by atomic mass is 32.2. The third kappa shape index (κ3) is 4.10. The van der Waals surface area contributed by atoms with Crippen LogP contribution in [0.15, 0.2) is 9.80 Å². The average Bonchev–Trinajstić information content (AvgIpc) is 2.96. The van der Waals surface area contributed by atoms with Gasteiger partial charge in [0.2, 0.25) is 11.8 Å². The first-order valence-corrected chi connectivity index (χ1v) is 8.11. The molecule has 98 valence electrons. The number of hydrogen-bond acceptors (Lipinski definition) is 6. The summed E-state index contributed by atoms with van der Waals surface area (Å²) in [6, 6.07) is 0. The third-order valence-corrected chi connectivity index (χ3v) is 4.30. The molecule has 0 aromatic carbocycles. The standard InChI is InChI=1S/C12H17N3OS2/c1-3-4-5-12-13-10(7-18-12)6-17-8-11-15-14-9(2)16-11/h7H,3-6,8H2,1-2H3. The van der Waals surface area contributed by atoms with E-state index in [1.807, 2.05) is 6.92 Å². The van der Waals surface area contributed by atoms with Gasteiger partial charge in [-0.3, -0.25) is 0 Å². The molecular formula is C12H17N3OS2. The van der Waals surface area contributed by atoms with Gasteiger partial charge in [0, 0.05) is 18.1 Å². The molecule has 0 bridgehead atoms.